The molecule has 0 spiro atoms. The van der Waals surface area contributed by atoms with Crippen LogP contribution in [0.5, 0.6) is 5.75 Å². The Balaban J connectivity index is 2.91. The van der Waals surface area contributed by atoms with E-state index in [9.17, 15) is 4.79 Å². The minimum atomic E-state index is -0.0665. The number of carbonyl (C=O) groups excluding carboxylic acids is 1. The van der Waals surface area contributed by atoms with Crippen LogP contribution in [0.1, 0.15) is 19.4 Å². The van der Waals surface area contributed by atoms with Gasteiger partial charge < -0.3 is 10.1 Å². The maximum atomic E-state index is 11.8. The summed E-state index contributed by atoms with van der Waals surface area (Å²) in [6.45, 7) is 7.80. The first-order chi connectivity index (χ1) is 8.60. The van der Waals surface area contributed by atoms with E-state index in [1.165, 1.54) is 0 Å². The second-order valence-electron chi connectivity index (χ2n) is 3.98. The first-order valence-corrected chi connectivity index (χ1v) is 5.81. The van der Waals surface area contributed by atoms with E-state index >= 15 is 0 Å². The van der Waals surface area contributed by atoms with Crippen LogP contribution in [0.15, 0.2) is 42.5 Å². The van der Waals surface area contributed by atoms with E-state index in [0.29, 0.717) is 12.1 Å². The first-order valence-electron chi connectivity index (χ1n) is 5.81. The highest BCUT2D eigenvalue weighted by Gasteiger charge is 2.08. The summed E-state index contributed by atoms with van der Waals surface area (Å²) in [7, 11) is 1.63. The topological polar surface area (TPSA) is 38.3 Å². The van der Waals surface area contributed by atoms with Crippen molar-refractivity contribution >= 4 is 11.5 Å². The van der Waals surface area contributed by atoms with E-state index < -0.39 is 0 Å². The lowest BCUT2D eigenvalue weighted by molar-refractivity contribution is -0.117. The van der Waals surface area contributed by atoms with Gasteiger partial charge in [-0.05, 0) is 37.1 Å². The molecule has 18 heavy (non-hydrogen) atoms. The maximum absolute atomic E-state index is 11.8. The molecular weight excluding hydrogens is 226 g/mol. The van der Waals surface area contributed by atoms with Crippen LogP contribution in [0.25, 0.3) is 5.57 Å². The summed E-state index contributed by atoms with van der Waals surface area (Å²) < 4.78 is 5.10. The molecule has 0 aromatic heterocycles. The Morgan fingerprint density at radius 1 is 1.33 bits per heavy atom. The molecule has 0 saturated carbocycles. The van der Waals surface area contributed by atoms with Crippen LogP contribution in [-0.4, -0.2) is 19.6 Å². The highest BCUT2D eigenvalue weighted by molar-refractivity contribution is 6.00. The Bertz CT molecular complexity index is 458. The number of amides is 1. The van der Waals surface area contributed by atoms with E-state index in [-0.39, 0.29) is 5.91 Å². The summed E-state index contributed by atoms with van der Waals surface area (Å²) >= 11 is 0. The Labute approximate surface area is 108 Å². The fourth-order valence-corrected chi connectivity index (χ4v) is 1.53. The average molecular weight is 245 g/mol. The Morgan fingerprint density at radius 2 is 1.94 bits per heavy atom. The SMILES string of the molecule is C=CCNC(=O)/C(C)=C(/C)c1ccc(OC)cc1. The van der Waals surface area contributed by atoms with Crippen LogP contribution >= 0.6 is 0 Å². The van der Waals surface area contributed by atoms with Crippen LogP contribution in [-0.2, 0) is 4.79 Å². The van der Waals surface area contributed by atoms with Gasteiger partial charge in [0.1, 0.15) is 5.75 Å². The molecule has 3 nitrogen and oxygen atoms in total. The molecule has 96 valence electrons. The van der Waals surface area contributed by atoms with Crippen molar-refractivity contribution in [2.24, 2.45) is 0 Å². The monoisotopic (exact) mass is 245 g/mol. The molecule has 1 N–H and O–H groups in total. The van der Waals surface area contributed by atoms with Crippen molar-refractivity contribution in [2.45, 2.75) is 13.8 Å². The quantitative estimate of drug-likeness (QED) is 0.640. The van der Waals surface area contributed by atoms with Crippen LogP contribution in [0, 0.1) is 0 Å². The second kappa shape index (κ2) is 6.64. The van der Waals surface area contributed by atoms with E-state index in [1.54, 1.807) is 13.2 Å². The zero-order valence-corrected chi connectivity index (χ0v) is 11.1. The minimum Gasteiger partial charge on any atom is -0.497 e. The van der Waals surface area contributed by atoms with Crippen LogP contribution < -0.4 is 10.1 Å². The van der Waals surface area contributed by atoms with Crippen molar-refractivity contribution in [1.29, 1.82) is 0 Å². The molecule has 0 heterocycles. The van der Waals surface area contributed by atoms with Crippen LogP contribution in [0.2, 0.25) is 0 Å². The summed E-state index contributed by atoms with van der Waals surface area (Å²) in [6.07, 6.45) is 1.66. The predicted molar refractivity (Wildman–Crippen MR) is 74.5 cm³/mol. The van der Waals surface area contributed by atoms with Crippen LogP contribution in [0.4, 0.5) is 0 Å². The number of ether oxygens (including phenoxy) is 1. The third-order valence-electron chi connectivity index (χ3n) is 2.83. The largest absolute Gasteiger partial charge is 0.497 e. The summed E-state index contributed by atoms with van der Waals surface area (Å²) in [6, 6.07) is 7.65. The van der Waals surface area contributed by atoms with Gasteiger partial charge in [0.05, 0.1) is 7.11 Å². The second-order valence-corrected chi connectivity index (χ2v) is 3.98. The average Bonchev–Trinajstić information content (AvgIpc) is 2.43. The fraction of sp³-hybridized carbons (Fsp3) is 0.267. The van der Waals surface area contributed by atoms with E-state index in [2.05, 4.69) is 11.9 Å². The lowest BCUT2D eigenvalue weighted by Crippen LogP contribution is -2.24. The van der Waals surface area contributed by atoms with Gasteiger partial charge in [0.2, 0.25) is 5.91 Å². The number of benzene rings is 1. The van der Waals surface area contributed by atoms with Gasteiger partial charge in [0, 0.05) is 12.1 Å². The highest BCUT2D eigenvalue weighted by atomic mass is 16.5. The zero-order valence-electron chi connectivity index (χ0n) is 11.1. The number of carbonyl (C=O) groups is 1. The highest BCUT2D eigenvalue weighted by Crippen LogP contribution is 2.21. The number of hydrogen-bond acceptors (Lipinski definition) is 2. The minimum absolute atomic E-state index is 0.0665. The Kier molecular flexibility index (Phi) is 5.18. The smallest absolute Gasteiger partial charge is 0.247 e. The van der Waals surface area contributed by atoms with Crippen LogP contribution in [0.3, 0.4) is 0 Å². The zero-order chi connectivity index (χ0) is 13.5. The van der Waals surface area contributed by atoms with Crippen molar-refractivity contribution < 1.29 is 9.53 Å². The molecule has 0 atom stereocenters. The molecule has 1 rings (SSSR count). The van der Waals surface area contributed by atoms with E-state index in [0.717, 1.165) is 16.9 Å². The predicted octanol–water partition coefficient (Wildman–Crippen LogP) is 2.79. The molecule has 1 amide bonds. The molecule has 3 heteroatoms. The van der Waals surface area contributed by atoms with Gasteiger partial charge in [-0.15, -0.1) is 6.58 Å². The summed E-state index contributed by atoms with van der Waals surface area (Å²) in [5.74, 6) is 0.739. The van der Waals surface area contributed by atoms with Gasteiger partial charge in [-0.1, -0.05) is 18.2 Å². The molecule has 1 aromatic carbocycles. The Morgan fingerprint density at radius 3 is 2.44 bits per heavy atom. The molecule has 0 aliphatic carbocycles. The normalized spacial score (nSPS) is 11.5. The number of hydrogen-bond donors (Lipinski definition) is 1. The fourth-order valence-electron chi connectivity index (χ4n) is 1.53. The molecular formula is C15H19NO2. The third-order valence-corrected chi connectivity index (χ3v) is 2.83. The number of nitrogens with one attached hydrogen (secondary N) is 1. The van der Waals surface area contributed by atoms with Crippen molar-refractivity contribution in [3.8, 4) is 5.75 Å². The number of rotatable bonds is 5. The molecule has 1 aromatic rings. The van der Waals surface area contributed by atoms with E-state index in [1.807, 2.05) is 38.1 Å². The molecule has 0 aliphatic rings. The molecule has 0 radical (unpaired) electrons. The van der Waals surface area contributed by atoms with Gasteiger partial charge in [-0.25, -0.2) is 0 Å². The molecule has 0 unspecified atom stereocenters. The van der Waals surface area contributed by atoms with Crippen molar-refractivity contribution in [2.75, 3.05) is 13.7 Å². The third kappa shape index (κ3) is 3.48. The van der Waals surface area contributed by atoms with Crippen molar-refractivity contribution in [3.63, 3.8) is 0 Å². The Hall–Kier alpha value is -2.03. The lowest BCUT2D eigenvalue weighted by atomic mass is 10.0. The van der Waals surface area contributed by atoms with Crippen molar-refractivity contribution in [1.82, 2.24) is 5.32 Å². The summed E-state index contributed by atoms with van der Waals surface area (Å²) in [5, 5.41) is 2.77. The number of allylic oxidation sites excluding steroid dienone is 1. The molecule has 0 aliphatic heterocycles. The summed E-state index contributed by atoms with van der Waals surface area (Å²) in [4.78, 5) is 11.8. The summed E-state index contributed by atoms with van der Waals surface area (Å²) in [5.41, 5.74) is 2.68. The maximum Gasteiger partial charge on any atom is 0.247 e. The lowest BCUT2D eigenvalue weighted by Gasteiger charge is -2.09. The molecule has 0 saturated heterocycles. The van der Waals surface area contributed by atoms with Gasteiger partial charge in [-0.2, -0.15) is 0 Å². The molecule has 0 fully saturated rings. The number of methoxy groups -OCH3 is 1. The van der Waals surface area contributed by atoms with Gasteiger partial charge in [-0.3, -0.25) is 4.79 Å². The first kappa shape index (κ1) is 14.0. The van der Waals surface area contributed by atoms with E-state index in [4.69, 9.17) is 4.74 Å². The standard InChI is InChI=1S/C15H19NO2/c1-5-10-16-15(17)12(3)11(2)13-6-8-14(18-4)9-7-13/h5-9H,1,10H2,2-4H3,(H,16,17)/b12-11-. The molecule has 0 bridgehead atoms. The van der Waals surface area contributed by atoms with Gasteiger partial charge in [0.25, 0.3) is 0 Å². The van der Waals surface area contributed by atoms with Gasteiger partial charge >= 0.3 is 0 Å². The van der Waals surface area contributed by atoms with Gasteiger partial charge in [0.15, 0.2) is 0 Å². The van der Waals surface area contributed by atoms with Crippen molar-refractivity contribution in [3.05, 3.63) is 48.1 Å².